The van der Waals surface area contributed by atoms with E-state index in [1.54, 1.807) is 7.05 Å². The molecule has 0 fully saturated rings. The molecule has 0 bridgehead atoms. The van der Waals surface area contributed by atoms with Crippen molar-refractivity contribution in [3.63, 3.8) is 0 Å². The topological polar surface area (TPSA) is 62.5 Å². The molecule has 142 valence electrons. The molecule has 0 atom stereocenters. The summed E-state index contributed by atoms with van der Waals surface area (Å²) in [5, 5.41) is 11.6. The largest absolute Gasteiger partial charge is 0.354 e. The molecule has 1 heterocycles. The van der Waals surface area contributed by atoms with Crippen molar-refractivity contribution in [1.82, 2.24) is 9.97 Å². The molecule has 0 saturated carbocycles. The molecule has 0 radical (unpaired) electrons. The molecule has 1 aromatic carbocycles. The van der Waals surface area contributed by atoms with Crippen LogP contribution in [0.15, 0.2) is 40.7 Å². The second-order valence-electron chi connectivity index (χ2n) is 7.38. The van der Waals surface area contributed by atoms with Crippen molar-refractivity contribution in [1.29, 1.82) is 0 Å². The summed E-state index contributed by atoms with van der Waals surface area (Å²) in [5.41, 5.74) is 6.91. The first-order valence-corrected chi connectivity index (χ1v) is 9.85. The number of rotatable bonds is 7. The average Bonchev–Trinajstić information content (AvgIpc) is 2.67. The summed E-state index contributed by atoms with van der Waals surface area (Å²) in [6.07, 6.45) is 8.31. The van der Waals surface area contributed by atoms with E-state index in [0.29, 0.717) is 5.92 Å². The molecule has 5 heteroatoms. The lowest BCUT2D eigenvalue weighted by Crippen LogP contribution is -2.13. The summed E-state index contributed by atoms with van der Waals surface area (Å²) in [6.45, 7) is 7.44. The first kappa shape index (κ1) is 19.2. The molecule has 2 aromatic rings. The third kappa shape index (κ3) is 4.59. The molecule has 1 N–H and O–H groups in total. The molecule has 27 heavy (non-hydrogen) atoms. The number of allylic oxidation sites excluding steroid dienone is 1. The molecule has 0 spiro atoms. The zero-order valence-corrected chi connectivity index (χ0v) is 16.8. The van der Waals surface area contributed by atoms with Gasteiger partial charge >= 0.3 is 0 Å². The smallest absolute Gasteiger partial charge is 0.222 e. The lowest BCUT2D eigenvalue weighted by atomic mass is 9.89. The lowest BCUT2D eigenvalue weighted by Gasteiger charge is -2.19. The van der Waals surface area contributed by atoms with E-state index in [9.17, 15) is 0 Å². The normalized spacial score (nSPS) is 13.7. The van der Waals surface area contributed by atoms with Crippen molar-refractivity contribution in [3.8, 4) is 0 Å². The van der Waals surface area contributed by atoms with E-state index in [2.05, 4.69) is 65.6 Å². The fourth-order valence-corrected chi connectivity index (χ4v) is 3.38. The van der Waals surface area contributed by atoms with Crippen molar-refractivity contribution in [2.75, 3.05) is 18.9 Å². The molecular weight excluding hydrogens is 334 g/mol. The van der Waals surface area contributed by atoms with Crippen LogP contribution in [-0.2, 0) is 12.8 Å². The van der Waals surface area contributed by atoms with Crippen LogP contribution in [0.3, 0.4) is 0 Å². The average molecular weight is 364 g/mol. The number of fused-ring (bicyclic) bond motifs is 1. The number of nitrogens with one attached hydrogen (secondary N) is 1. The van der Waals surface area contributed by atoms with Crippen LogP contribution in [0.25, 0.3) is 5.57 Å². The minimum atomic E-state index is 0.566. The van der Waals surface area contributed by atoms with Crippen molar-refractivity contribution >= 4 is 17.2 Å². The number of aryl methyl sites for hydroxylation is 2. The Kier molecular flexibility index (Phi) is 6.32. The first-order valence-electron chi connectivity index (χ1n) is 9.85. The Hall–Kier alpha value is -2.56. The van der Waals surface area contributed by atoms with Gasteiger partial charge in [0.25, 0.3) is 0 Å². The van der Waals surface area contributed by atoms with Crippen molar-refractivity contribution in [2.45, 2.75) is 46.5 Å². The van der Waals surface area contributed by atoms with Gasteiger partial charge in [0, 0.05) is 25.4 Å². The van der Waals surface area contributed by atoms with Gasteiger partial charge < -0.3 is 5.32 Å². The fourth-order valence-electron chi connectivity index (χ4n) is 3.38. The highest BCUT2D eigenvalue weighted by atomic mass is 15.1. The zero-order valence-electron chi connectivity index (χ0n) is 16.8. The van der Waals surface area contributed by atoms with Crippen LogP contribution in [0.2, 0.25) is 0 Å². The van der Waals surface area contributed by atoms with Gasteiger partial charge in [-0.05, 0) is 54.0 Å². The van der Waals surface area contributed by atoms with E-state index < -0.39 is 0 Å². The number of anilines is 1. The molecule has 0 saturated heterocycles. The zero-order chi connectivity index (χ0) is 19.2. The van der Waals surface area contributed by atoms with Gasteiger partial charge in [-0.15, -0.1) is 0 Å². The van der Waals surface area contributed by atoms with E-state index in [0.717, 1.165) is 55.1 Å². The van der Waals surface area contributed by atoms with Gasteiger partial charge in [0.15, 0.2) is 0 Å². The number of hydrogen-bond acceptors (Lipinski definition) is 5. The fraction of sp³-hybridized carbons (Fsp3) is 0.455. The van der Waals surface area contributed by atoms with E-state index in [1.165, 1.54) is 16.7 Å². The Labute approximate surface area is 162 Å². The molecule has 0 unspecified atom stereocenters. The Morgan fingerprint density at radius 2 is 2.11 bits per heavy atom. The van der Waals surface area contributed by atoms with Gasteiger partial charge in [0.05, 0.1) is 11.4 Å². The minimum Gasteiger partial charge on any atom is -0.354 e. The summed E-state index contributed by atoms with van der Waals surface area (Å²) < 4.78 is 0. The van der Waals surface area contributed by atoms with Gasteiger partial charge in [-0.25, -0.2) is 9.97 Å². The highest BCUT2D eigenvalue weighted by Crippen LogP contribution is 2.33. The predicted octanol–water partition coefficient (Wildman–Crippen LogP) is 5.59. The number of hydrogen-bond donors (Lipinski definition) is 1. The number of nitrogens with zero attached hydrogens (tertiary/aromatic N) is 4. The van der Waals surface area contributed by atoms with E-state index >= 15 is 0 Å². The Morgan fingerprint density at radius 1 is 1.26 bits per heavy atom. The maximum absolute atomic E-state index is 4.77. The Morgan fingerprint density at radius 3 is 2.85 bits per heavy atom. The Bertz CT molecular complexity index is 852. The molecule has 5 nitrogen and oxygen atoms in total. The second-order valence-corrected chi connectivity index (χ2v) is 7.38. The SMILES string of the molecule is CCCc1cc(C2=CCCc3nc(NCC(C)C)ncc32)ccc1N=NC. The van der Waals surface area contributed by atoms with Crippen LogP contribution in [-0.4, -0.2) is 23.6 Å². The lowest BCUT2D eigenvalue weighted by molar-refractivity contribution is 0.683. The number of azo groups is 1. The Balaban J connectivity index is 1.93. The molecule has 1 aliphatic carbocycles. The van der Waals surface area contributed by atoms with Gasteiger partial charge in [-0.2, -0.15) is 10.2 Å². The molecule has 3 rings (SSSR count). The summed E-state index contributed by atoms with van der Waals surface area (Å²) in [4.78, 5) is 9.32. The van der Waals surface area contributed by atoms with Crippen molar-refractivity contribution in [3.05, 3.63) is 52.9 Å². The van der Waals surface area contributed by atoms with Crippen LogP contribution in [0, 0.1) is 5.92 Å². The summed E-state index contributed by atoms with van der Waals surface area (Å²) in [5.74, 6) is 1.30. The first-order chi connectivity index (χ1) is 13.1. The van der Waals surface area contributed by atoms with Gasteiger partial charge in [0.1, 0.15) is 0 Å². The molecule has 0 aliphatic heterocycles. The molecule has 0 amide bonds. The van der Waals surface area contributed by atoms with E-state index in [4.69, 9.17) is 4.98 Å². The number of benzene rings is 1. The molecule has 1 aliphatic rings. The monoisotopic (exact) mass is 363 g/mol. The number of aromatic nitrogens is 2. The third-order valence-corrected chi connectivity index (χ3v) is 4.67. The van der Waals surface area contributed by atoms with Crippen LogP contribution >= 0.6 is 0 Å². The van der Waals surface area contributed by atoms with Gasteiger partial charge in [0.2, 0.25) is 5.95 Å². The summed E-state index contributed by atoms with van der Waals surface area (Å²) in [6, 6.07) is 6.45. The summed E-state index contributed by atoms with van der Waals surface area (Å²) in [7, 11) is 1.71. The third-order valence-electron chi connectivity index (χ3n) is 4.67. The quantitative estimate of drug-likeness (QED) is 0.652. The van der Waals surface area contributed by atoms with Crippen molar-refractivity contribution in [2.24, 2.45) is 16.1 Å². The molecule has 1 aromatic heterocycles. The van der Waals surface area contributed by atoms with E-state index in [1.807, 2.05) is 6.20 Å². The standard InChI is InChI=1S/C22H29N5/c1-5-7-17-12-16(10-11-20(17)27-23-4)18-8-6-9-21-19(18)14-25-22(26-21)24-13-15(2)3/h8,10-12,14-15H,5-7,9,13H2,1-4H3,(H,24,25,26). The maximum atomic E-state index is 4.77. The van der Waals surface area contributed by atoms with Gasteiger partial charge in [-0.1, -0.05) is 39.3 Å². The van der Waals surface area contributed by atoms with Crippen LogP contribution in [0.5, 0.6) is 0 Å². The van der Waals surface area contributed by atoms with Crippen molar-refractivity contribution < 1.29 is 0 Å². The second kappa shape index (κ2) is 8.89. The molecular formula is C22H29N5. The van der Waals surface area contributed by atoms with Crippen LogP contribution in [0.4, 0.5) is 11.6 Å². The van der Waals surface area contributed by atoms with Crippen LogP contribution < -0.4 is 5.32 Å². The van der Waals surface area contributed by atoms with Crippen LogP contribution in [0.1, 0.15) is 56.0 Å². The highest BCUT2D eigenvalue weighted by Gasteiger charge is 2.18. The minimum absolute atomic E-state index is 0.566. The van der Waals surface area contributed by atoms with E-state index in [-0.39, 0.29) is 0 Å². The predicted molar refractivity (Wildman–Crippen MR) is 112 cm³/mol. The maximum Gasteiger partial charge on any atom is 0.222 e. The van der Waals surface area contributed by atoms with Gasteiger partial charge in [-0.3, -0.25) is 0 Å². The summed E-state index contributed by atoms with van der Waals surface area (Å²) >= 11 is 0. The highest BCUT2D eigenvalue weighted by molar-refractivity contribution is 5.82.